The Bertz CT molecular complexity index is 659. The van der Waals surface area contributed by atoms with Crippen LogP contribution in [0, 0.1) is 0 Å². The zero-order valence-electron chi connectivity index (χ0n) is 9.78. The molecule has 0 saturated carbocycles. The summed E-state index contributed by atoms with van der Waals surface area (Å²) in [5.74, 6) is 0.766. The SMILES string of the molecule is OCc1cn(Oc2ccccc2)c2ccccc12. The van der Waals surface area contributed by atoms with Crippen LogP contribution in [0.4, 0.5) is 0 Å². The van der Waals surface area contributed by atoms with Crippen molar-refractivity contribution in [1.82, 2.24) is 4.73 Å². The highest BCUT2D eigenvalue weighted by atomic mass is 16.7. The summed E-state index contributed by atoms with van der Waals surface area (Å²) in [6.45, 7) is 0.00562. The largest absolute Gasteiger partial charge is 0.392 e. The number of aliphatic hydroxyl groups is 1. The molecule has 3 heteroatoms. The van der Waals surface area contributed by atoms with Crippen LogP contribution in [0.5, 0.6) is 5.75 Å². The summed E-state index contributed by atoms with van der Waals surface area (Å²) in [7, 11) is 0. The van der Waals surface area contributed by atoms with Crippen LogP contribution in [0.25, 0.3) is 10.9 Å². The van der Waals surface area contributed by atoms with E-state index in [4.69, 9.17) is 4.84 Å². The third-order valence-corrected chi connectivity index (χ3v) is 2.88. The first-order chi connectivity index (χ1) is 8.88. The van der Waals surface area contributed by atoms with Crippen molar-refractivity contribution >= 4 is 10.9 Å². The van der Waals surface area contributed by atoms with Crippen LogP contribution in [0.2, 0.25) is 0 Å². The van der Waals surface area contributed by atoms with Crippen LogP contribution in [-0.4, -0.2) is 9.84 Å². The van der Waals surface area contributed by atoms with Gasteiger partial charge in [-0.3, -0.25) is 0 Å². The maximum Gasteiger partial charge on any atom is 0.155 e. The number of hydrogen-bond acceptors (Lipinski definition) is 2. The summed E-state index contributed by atoms with van der Waals surface area (Å²) in [5.41, 5.74) is 1.81. The fourth-order valence-corrected chi connectivity index (χ4v) is 2.01. The third-order valence-electron chi connectivity index (χ3n) is 2.88. The minimum absolute atomic E-state index is 0.00562. The molecule has 0 bridgehead atoms. The van der Waals surface area contributed by atoms with Gasteiger partial charge in [-0.05, 0) is 18.2 Å². The molecule has 0 aliphatic rings. The van der Waals surface area contributed by atoms with E-state index < -0.39 is 0 Å². The van der Waals surface area contributed by atoms with Crippen LogP contribution in [0.1, 0.15) is 5.56 Å². The summed E-state index contributed by atoms with van der Waals surface area (Å²) in [6.07, 6.45) is 1.82. The molecule has 3 nitrogen and oxygen atoms in total. The predicted molar refractivity (Wildman–Crippen MR) is 70.3 cm³/mol. The highest BCUT2D eigenvalue weighted by Gasteiger charge is 2.08. The van der Waals surface area contributed by atoms with Crippen molar-refractivity contribution in [3.8, 4) is 5.75 Å². The summed E-state index contributed by atoms with van der Waals surface area (Å²) >= 11 is 0. The average molecular weight is 239 g/mol. The van der Waals surface area contributed by atoms with Crippen LogP contribution in [-0.2, 0) is 6.61 Å². The molecule has 0 amide bonds. The first-order valence-corrected chi connectivity index (χ1v) is 5.81. The van der Waals surface area contributed by atoms with E-state index in [2.05, 4.69) is 0 Å². The van der Waals surface area contributed by atoms with E-state index in [1.807, 2.05) is 60.8 Å². The number of nitrogens with zero attached hydrogens (tertiary/aromatic N) is 1. The maximum atomic E-state index is 9.35. The molecule has 1 heterocycles. The topological polar surface area (TPSA) is 34.4 Å². The number of rotatable bonds is 3. The molecule has 0 aliphatic carbocycles. The van der Waals surface area contributed by atoms with Gasteiger partial charge in [-0.2, -0.15) is 4.73 Å². The van der Waals surface area contributed by atoms with Gasteiger partial charge in [-0.25, -0.2) is 0 Å². The van der Waals surface area contributed by atoms with Gasteiger partial charge >= 0.3 is 0 Å². The fourth-order valence-electron chi connectivity index (χ4n) is 2.01. The standard InChI is InChI=1S/C15H13NO2/c17-11-12-10-16(15-9-5-4-8-14(12)15)18-13-6-2-1-3-7-13/h1-10,17H,11H2. The lowest BCUT2D eigenvalue weighted by atomic mass is 10.2. The van der Waals surface area contributed by atoms with Crippen LogP contribution in [0.3, 0.4) is 0 Å². The van der Waals surface area contributed by atoms with E-state index in [9.17, 15) is 5.11 Å². The van der Waals surface area contributed by atoms with Gasteiger partial charge in [0.2, 0.25) is 0 Å². The molecule has 1 aromatic heterocycles. The molecule has 0 aliphatic heterocycles. The molecular formula is C15H13NO2. The van der Waals surface area contributed by atoms with E-state index in [0.29, 0.717) is 0 Å². The minimum atomic E-state index is 0.00562. The van der Waals surface area contributed by atoms with Gasteiger partial charge in [0, 0.05) is 10.9 Å². The van der Waals surface area contributed by atoms with Gasteiger partial charge in [0.25, 0.3) is 0 Å². The smallest absolute Gasteiger partial charge is 0.155 e. The normalized spacial score (nSPS) is 10.7. The zero-order chi connectivity index (χ0) is 12.4. The number of aromatic nitrogens is 1. The van der Waals surface area contributed by atoms with Gasteiger partial charge in [-0.1, -0.05) is 36.4 Å². The maximum absolute atomic E-state index is 9.35. The predicted octanol–water partition coefficient (Wildman–Crippen LogP) is 2.98. The number of para-hydroxylation sites is 2. The molecule has 3 aromatic rings. The summed E-state index contributed by atoms with van der Waals surface area (Å²) in [6, 6.07) is 17.4. The molecule has 0 saturated heterocycles. The average Bonchev–Trinajstić information content (AvgIpc) is 2.78. The third kappa shape index (κ3) is 1.85. The van der Waals surface area contributed by atoms with Crippen LogP contribution in [0.15, 0.2) is 60.8 Å². The van der Waals surface area contributed by atoms with Gasteiger partial charge < -0.3 is 9.94 Å². The second-order valence-electron chi connectivity index (χ2n) is 4.06. The van der Waals surface area contributed by atoms with Crippen molar-refractivity contribution in [1.29, 1.82) is 0 Å². The van der Waals surface area contributed by atoms with E-state index >= 15 is 0 Å². The van der Waals surface area contributed by atoms with E-state index in [-0.39, 0.29) is 6.61 Å². The molecule has 0 fully saturated rings. The molecule has 2 aromatic carbocycles. The van der Waals surface area contributed by atoms with E-state index in [0.717, 1.165) is 22.2 Å². The molecule has 1 N–H and O–H groups in total. The highest BCUT2D eigenvalue weighted by molar-refractivity contribution is 5.83. The Morgan fingerprint density at radius 3 is 2.44 bits per heavy atom. The molecule has 18 heavy (non-hydrogen) atoms. The lowest BCUT2D eigenvalue weighted by molar-refractivity contribution is 0.225. The quantitative estimate of drug-likeness (QED) is 0.762. The summed E-state index contributed by atoms with van der Waals surface area (Å²) < 4.78 is 1.69. The van der Waals surface area contributed by atoms with Gasteiger partial charge in [-0.15, -0.1) is 0 Å². The summed E-state index contributed by atoms with van der Waals surface area (Å²) in [4.78, 5) is 5.78. The van der Waals surface area contributed by atoms with Crippen LogP contribution < -0.4 is 4.84 Å². The van der Waals surface area contributed by atoms with E-state index in [1.54, 1.807) is 4.73 Å². The van der Waals surface area contributed by atoms with Crippen molar-refractivity contribution in [3.63, 3.8) is 0 Å². The first-order valence-electron chi connectivity index (χ1n) is 5.81. The lowest BCUT2D eigenvalue weighted by Crippen LogP contribution is -2.02. The number of fused-ring (bicyclic) bond motifs is 1. The van der Waals surface area contributed by atoms with Crippen molar-refractivity contribution in [3.05, 3.63) is 66.4 Å². The first kappa shape index (κ1) is 10.9. The molecule has 0 unspecified atom stereocenters. The minimum Gasteiger partial charge on any atom is -0.392 e. The van der Waals surface area contributed by atoms with Crippen molar-refractivity contribution in [2.24, 2.45) is 0 Å². The monoisotopic (exact) mass is 239 g/mol. The zero-order valence-corrected chi connectivity index (χ0v) is 9.78. The Morgan fingerprint density at radius 2 is 1.67 bits per heavy atom. The highest BCUT2D eigenvalue weighted by Crippen LogP contribution is 2.22. The molecular weight excluding hydrogens is 226 g/mol. The molecule has 0 radical (unpaired) electrons. The summed E-state index contributed by atoms with van der Waals surface area (Å²) in [5, 5.41) is 10.4. The van der Waals surface area contributed by atoms with Crippen LogP contribution >= 0.6 is 0 Å². The van der Waals surface area contributed by atoms with Gasteiger partial charge in [0.15, 0.2) is 5.75 Å². The number of aliphatic hydroxyl groups excluding tert-OH is 1. The molecule has 3 rings (SSSR count). The van der Waals surface area contributed by atoms with Gasteiger partial charge in [0.05, 0.1) is 18.3 Å². The lowest BCUT2D eigenvalue weighted by Gasteiger charge is -2.06. The number of hydrogen-bond donors (Lipinski definition) is 1. The second-order valence-corrected chi connectivity index (χ2v) is 4.06. The molecule has 0 atom stereocenters. The molecule has 0 spiro atoms. The number of benzene rings is 2. The Balaban J connectivity index is 2.07. The van der Waals surface area contributed by atoms with Gasteiger partial charge in [0.1, 0.15) is 0 Å². The Labute approximate surface area is 105 Å². The Kier molecular flexibility index (Phi) is 2.74. The van der Waals surface area contributed by atoms with Crippen molar-refractivity contribution in [2.75, 3.05) is 0 Å². The molecule has 90 valence electrons. The Hall–Kier alpha value is -2.26. The van der Waals surface area contributed by atoms with Crippen molar-refractivity contribution in [2.45, 2.75) is 6.61 Å². The van der Waals surface area contributed by atoms with E-state index in [1.165, 1.54) is 0 Å². The Morgan fingerprint density at radius 1 is 0.944 bits per heavy atom. The fraction of sp³-hybridized carbons (Fsp3) is 0.0667. The second kappa shape index (κ2) is 4.55. The van der Waals surface area contributed by atoms with Crippen molar-refractivity contribution < 1.29 is 9.94 Å².